The quantitative estimate of drug-likeness (QED) is 0.786. The van der Waals surface area contributed by atoms with Crippen LogP contribution in [0.25, 0.3) is 0 Å². The molecular weight excluding hydrogens is 238 g/mol. The van der Waals surface area contributed by atoms with Crippen molar-refractivity contribution >= 4 is 11.6 Å². The van der Waals surface area contributed by atoms with E-state index in [1.807, 2.05) is 7.05 Å². The lowest BCUT2D eigenvalue weighted by Crippen LogP contribution is -2.36. The molecule has 0 bridgehead atoms. The number of anilines is 1. The second-order valence-electron chi connectivity index (χ2n) is 4.75. The zero-order chi connectivity index (χ0) is 14.3. The highest BCUT2D eigenvalue weighted by Gasteiger charge is 2.12. The van der Waals surface area contributed by atoms with Crippen LogP contribution in [0.15, 0.2) is 18.2 Å². The molecule has 0 fully saturated rings. The topological polar surface area (TPSA) is 44.4 Å². The van der Waals surface area contributed by atoms with Crippen molar-refractivity contribution in [1.29, 1.82) is 0 Å². The SMILES string of the molecule is CCCN(CC(=O)NC)c1ccc(CNC)cc1C. The van der Waals surface area contributed by atoms with Crippen LogP contribution in [-0.2, 0) is 11.3 Å². The molecule has 1 aromatic carbocycles. The minimum atomic E-state index is 0.0483. The molecule has 0 aromatic heterocycles. The van der Waals surface area contributed by atoms with Crippen LogP contribution in [0.3, 0.4) is 0 Å². The summed E-state index contributed by atoms with van der Waals surface area (Å²) in [6.45, 7) is 6.39. The largest absolute Gasteiger partial charge is 0.362 e. The summed E-state index contributed by atoms with van der Waals surface area (Å²) in [5, 5.41) is 5.83. The standard InChI is InChI=1S/C15H25N3O/c1-5-8-18(11-15(19)17-4)14-7-6-13(10-16-3)9-12(14)2/h6-7,9,16H,5,8,10-11H2,1-4H3,(H,17,19). The molecule has 0 saturated heterocycles. The minimum Gasteiger partial charge on any atom is -0.362 e. The van der Waals surface area contributed by atoms with E-state index in [0.29, 0.717) is 6.54 Å². The third-order valence-corrected chi connectivity index (χ3v) is 3.09. The highest BCUT2D eigenvalue weighted by molar-refractivity contribution is 5.81. The van der Waals surface area contributed by atoms with Gasteiger partial charge in [-0.15, -0.1) is 0 Å². The van der Waals surface area contributed by atoms with Crippen molar-refractivity contribution in [2.75, 3.05) is 32.1 Å². The molecule has 1 amide bonds. The summed E-state index contributed by atoms with van der Waals surface area (Å²) in [4.78, 5) is 13.7. The molecule has 0 radical (unpaired) electrons. The Bertz CT molecular complexity index is 418. The molecule has 106 valence electrons. The molecule has 2 N–H and O–H groups in total. The number of likely N-dealkylation sites (N-methyl/N-ethyl adjacent to an activating group) is 1. The van der Waals surface area contributed by atoms with Crippen LogP contribution >= 0.6 is 0 Å². The molecule has 0 aliphatic heterocycles. The third-order valence-electron chi connectivity index (χ3n) is 3.09. The maximum Gasteiger partial charge on any atom is 0.239 e. The highest BCUT2D eigenvalue weighted by Crippen LogP contribution is 2.21. The van der Waals surface area contributed by atoms with E-state index in [2.05, 4.69) is 47.6 Å². The Balaban J connectivity index is 2.92. The van der Waals surface area contributed by atoms with Gasteiger partial charge in [0, 0.05) is 25.8 Å². The van der Waals surface area contributed by atoms with Gasteiger partial charge in [0.15, 0.2) is 0 Å². The average Bonchev–Trinajstić information content (AvgIpc) is 2.39. The highest BCUT2D eigenvalue weighted by atomic mass is 16.1. The molecule has 19 heavy (non-hydrogen) atoms. The summed E-state index contributed by atoms with van der Waals surface area (Å²) in [6.07, 6.45) is 1.02. The molecule has 0 aliphatic carbocycles. The Morgan fingerprint density at radius 3 is 2.58 bits per heavy atom. The summed E-state index contributed by atoms with van der Waals surface area (Å²) in [6, 6.07) is 6.41. The number of amides is 1. The van der Waals surface area contributed by atoms with Crippen LogP contribution in [-0.4, -0.2) is 33.1 Å². The van der Waals surface area contributed by atoms with E-state index in [-0.39, 0.29) is 5.91 Å². The summed E-state index contributed by atoms with van der Waals surface area (Å²) in [5.41, 5.74) is 3.62. The van der Waals surface area contributed by atoms with Crippen LogP contribution in [0.5, 0.6) is 0 Å². The predicted octanol–water partition coefficient (Wildman–Crippen LogP) is 1.68. The van der Waals surface area contributed by atoms with E-state index in [0.717, 1.165) is 25.2 Å². The fourth-order valence-corrected chi connectivity index (χ4v) is 2.19. The molecule has 0 unspecified atom stereocenters. The van der Waals surface area contributed by atoms with E-state index in [9.17, 15) is 4.79 Å². The zero-order valence-corrected chi connectivity index (χ0v) is 12.4. The first-order chi connectivity index (χ1) is 9.12. The zero-order valence-electron chi connectivity index (χ0n) is 12.4. The van der Waals surface area contributed by atoms with E-state index in [1.54, 1.807) is 7.05 Å². The summed E-state index contributed by atoms with van der Waals surface area (Å²) in [7, 11) is 3.62. The van der Waals surface area contributed by atoms with Gasteiger partial charge in [-0.3, -0.25) is 4.79 Å². The first-order valence-corrected chi connectivity index (χ1v) is 6.82. The average molecular weight is 263 g/mol. The van der Waals surface area contributed by atoms with Crippen molar-refractivity contribution in [1.82, 2.24) is 10.6 Å². The lowest BCUT2D eigenvalue weighted by atomic mass is 10.1. The van der Waals surface area contributed by atoms with Crippen LogP contribution in [0.1, 0.15) is 24.5 Å². The molecule has 0 heterocycles. The van der Waals surface area contributed by atoms with Crippen LogP contribution < -0.4 is 15.5 Å². The van der Waals surface area contributed by atoms with E-state index in [4.69, 9.17) is 0 Å². The fraction of sp³-hybridized carbons (Fsp3) is 0.533. The number of carbonyl (C=O) groups is 1. The molecule has 0 spiro atoms. The van der Waals surface area contributed by atoms with Gasteiger partial charge in [0.25, 0.3) is 0 Å². The van der Waals surface area contributed by atoms with E-state index < -0.39 is 0 Å². The van der Waals surface area contributed by atoms with Crippen molar-refractivity contribution in [3.05, 3.63) is 29.3 Å². The van der Waals surface area contributed by atoms with Gasteiger partial charge in [0.1, 0.15) is 0 Å². The number of hydrogen-bond donors (Lipinski definition) is 2. The smallest absolute Gasteiger partial charge is 0.239 e. The number of benzene rings is 1. The van der Waals surface area contributed by atoms with Gasteiger partial charge in [-0.05, 0) is 37.6 Å². The van der Waals surface area contributed by atoms with Crippen molar-refractivity contribution in [3.8, 4) is 0 Å². The Hall–Kier alpha value is -1.55. The van der Waals surface area contributed by atoms with Gasteiger partial charge in [-0.1, -0.05) is 19.1 Å². The summed E-state index contributed by atoms with van der Waals surface area (Å²) >= 11 is 0. The van der Waals surface area contributed by atoms with Gasteiger partial charge < -0.3 is 15.5 Å². The molecule has 1 aromatic rings. The number of carbonyl (C=O) groups excluding carboxylic acids is 1. The molecule has 4 nitrogen and oxygen atoms in total. The van der Waals surface area contributed by atoms with E-state index in [1.165, 1.54) is 11.1 Å². The molecular formula is C15H25N3O. The maximum absolute atomic E-state index is 11.6. The fourth-order valence-electron chi connectivity index (χ4n) is 2.19. The molecule has 4 heteroatoms. The van der Waals surface area contributed by atoms with Gasteiger partial charge >= 0.3 is 0 Å². The predicted molar refractivity (Wildman–Crippen MR) is 80.5 cm³/mol. The first kappa shape index (κ1) is 15.5. The summed E-state index contributed by atoms with van der Waals surface area (Å²) in [5.74, 6) is 0.0483. The Kier molecular flexibility index (Phi) is 6.36. The minimum absolute atomic E-state index is 0.0483. The third kappa shape index (κ3) is 4.56. The number of rotatable bonds is 7. The number of aryl methyl sites for hydroxylation is 1. The van der Waals surface area contributed by atoms with E-state index >= 15 is 0 Å². The Labute approximate surface area is 116 Å². The molecule has 1 rings (SSSR count). The van der Waals surface area contributed by atoms with Crippen molar-refractivity contribution < 1.29 is 4.79 Å². The molecule has 0 saturated carbocycles. The van der Waals surface area contributed by atoms with Gasteiger partial charge in [0.05, 0.1) is 6.54 Å². The van der Waals surface area contributed by atoms with Crippen molar-refractivity contribution in [2.45, 2.75) is 26.8 Å². The normalized spacial score (nSPS) is 10.3. The second-order valence-corrected chi connectivity index (χ2v) is 4.75. The van der Waals surface area contributed by atoms with Gasteiger partial charge in [0.2, 0.25) is 5.91 Å². The van der Waals surface area contributed by atoms with Gasteiger partial charge in [-0.2, -0.15) is 0 Å². The van der Waals surface area contributed by atoms with Crippen LogP contribution in [0.2, 0.25) is 0 Å². The monoisotopic (exact) mass is 263 g/mol. The summed E-state index contributed by atoms with van der Waals surface area (Å²) < 4.78 is 0. The number of nitrogens with zero attached hydrogens (tertiary/aromatic N) is 1. The lowest BCUT2D eigenvalue weighted by molar-refractivity contribution is -0.119. The van der Waals surface area contributed by atoms with Gasteiger partial charge in [-0.25, -0.2) is 0 Å². The van der Waals surface area contributed by atoms with Crippen molar-refractivity contribution in [3.63, 3.8) is 0 Å². The molecule has 0 atom stereocenters. The Morgan fingerprint density at radius 2 is 2.05 bits per heavy atom. The van der Waals surface area contributed by atoms with Crippen LogP contribution in [0.4, 0.5) is 5.69 Å². The Morgan fingerprint density at radius 1 is 1.32 bits per heavy atom. The lowest BCUT2D eigenvalue weighted by Gasteiger charge is -2.25. The van der Waals surface area contributed by atoms with Crippen LogP contribution in [0, 0.1) is 6.92 Å². The first-order valence-electron chi connectivity index (χ1n) is 6.82. The number of nitrogens with one attached hydrogen (secondary N) is 2. The second kappa shape index (κ2) is 7.79. The van der Waals surface area contributed by atoms with Crippen molar-refractivity contribution in [2.24, 2.45) is 0 Å². The maximum atomic E-state index is 11.6. The molecule has 0 aliphatic rings. The number of hydrogen-bond acceptors (Lipinski definition) is 3.